The summed E-state index contributed by atoms with van der Waals surface area (Å²) in [7, 11) is 1.72. The van der Waals surface area contributed by atoms with Gasteiger partial charge in [-0.3, -0.25) is 0 Å². The van der Waals surface area contributed by atoms with E-state index in [4.69, 9.17) is 24.3 Å². The molecule has 1 fully saturated rings. The molecule has 2 heterocycles. The molecule has 1 aromatic heterocycles. The summed E-state index contributed by atoms with van der Waals surface area (Å²) in [6, 6.07) is 18.1. The lowest BCUT2D eigenvalue weighted by molar-refractivity contribution is 0.0688. The second-order valence-corrected chi connectivity index (χ2v) is 6.69. The predicted octanol–water partition coefficient (Wildman–Crippen LogP) is 3.17. The number of nitrogens with zero attached hydrogens (tertiary/aromatic N) is 2. The van der Waals surface area contributed by atoms with E-state index in [0.29, 0.717) is 13.2 Å². The van der Waals surface area contributed by atoms with Crippen molar-refractivity contribution in [1.82, 2.24) is 9.55 Å². The van der Waals surface area contributed by atoms with E-state index in [1.54, 1.807) is 7.11 Å². The van der Waals surface area contributed by atoms with Crippen LogP contribution in [-0.4, -0.2) is 54.3 Å². The number of ether oxygens (including phenoxy) is 3. The SMILES string of the molecule is CO[C@H]1COC[C@@H]1n1cnc(-c2ccccc2)c1-c1ccc(OCCO)cc1. The number of rotatable bonds is 7. The summed E-state index contributed by atoms with van der Waals surface area (Å²) in [5, 5.41) is 8.94. The number of aliphatic hydroxyl groups is 1. The minimum Gasteiger partial charge on any atom is -0.491 e. The molecule has 0 amide bonds. The van der Waals surface area contributed by atoms with Crippen LogP contribution in [-0.2, 0) is 9.47 Å². The van der Waals surface area contributed by atoms with E-state index in [2.05, 4.69) is 16.7 Å². The maximum atomic E-state index is 8.94. The molecule has 6 nitrogen and oxygen atoms in total. The summed E-state index contributed by atoms with van der Waals surface area (Å²) in [4.78, 5) is 4.74. The van der Waals surface area contributed by atoms with Gasteiger partial charge in [0, 0.05) is 18.2 Å². The fourth-order valence-corrected chi connectivity index (χ4v) is 3.59. The number of aliphatic hydroxyl groups excluding tert-OH is 1. The van der Waals surface area contributed by atoms with Gasteiger partial charge in [0.1, 0.15) is 18.5 Å². The first-order chi connectivity index (χ1) is 13.8. The molecule has 1 aliphatic rings. The minimum atomic E-state index is -0.0104. The molecular formula is C22H24N2O4. The third-order valence-corrected chi connectivity index (χ3v) is 4.99. The van der Waals surface area contributed by atoms with Crippen molar-refractivity contribution in [2.45, 2.75) is 12.1 Å². The van der Waals surface area contributed by atoms with E-state index in [1.807, 2.05) is 48.8 Å². The van der Waals surface area contributed by atoms with Crippen LogP contribution in [0.4, 0.5) is 0 Å². The van der Waals surface area contributed by atoms with Gasteiger partial charge in [-0.2, -0.15) is 0 Å². The molecule has 0 radical (unpaired) electrons. The molecular weight excluding hydrogens is 356 g/mol. The fraction of sp³-hybridized carbons (Fsp3) is 0.318. The molecule has 0 unspecified atom stereocenters. The Labute approximate surface area is 164 Å². The number of methoxy groups -OCH3 is 1. The third kappa shape index (κ3) is 3.67. The van der Waals surface area contributed by atoms with Crippen molar-refractivity contribution in [3.8, 4) is 28.3 Å². The molecule has 0 saturated carbocycles. The highest BCUT2D eigenvalue weighted by Crippen LogP contribution is 2.36. The minimum absolute atomic E-state index is 0.00718. The second-order valence-electron chi connectivity index (χ2n) is 6.69. The van der Waals surface area contributed by atoms with Crippen molar-refractivity contribution < 1.29 is 19.3 Å². The maximum absolute atomic E-state index is 8.94. The number of benzene rings is 2. The summed E-state index contributed by atoms with van der Waals surface area (Å²) >= 11 is 0. The predicted molar refractivity (Wildman–Crippen MR) is 106 cm³/mol. The molecule has 1 saturated heterocycles. The molecule has 2 aromatic carbocycles. The van der Waals surface area contributed by atoms with Gasteiger partial charge in [-0.05, 0) is 24.3 Å². The normalized spacial score (nSPS) is 19.1. The van der Waals surface area contributed by atoms with Crippen LogP contribution in [0, 0.1) is 0 Å². The van der Waals surface area contributed by atoms with Crippen LogP contribution >= 0.6 is 0 Å². The van der Waals surface area contributed by atoms with Gasteiger partial charge in [-0.15, -0.1) is 0 Å². The molecule has 3 aromatic rings. The Hall–Kier alpha value is -2.67. The fourth-order valence-electron chi connectivity index (χ4n) is 3.59. The molecule has 0 aliphatic carbocycles. The van der Waals surface area contributed by atoms with Crippen LogP contribution in [0.3, 0.4) is 0 Å². The largest absolute Gasteiger partial charge is 0.491 e. The van der Waals surface area contributed by atoms with E-state index >= 15 is 0 Å². The summed E-state index contributed by atoms with van der Waals surface area (Å²) in [6.07, 6.45) is 1.86. The smallest absolute Gasteiger partial charge is 0.119 e. The molecule has 146 valence electrons. The molecule has 28 heavy (non-hydrogen) atoms. The first-order valence-electron chi connectivity index (χ1n) is 9.38. The van der Waals surface area contributed by atoms with Gasteiger partial charge >= 0.3 is 0 Å². The van der Waals surface area contributed by atoms with Gasteiger partial charge in [-0.25, -0.2) is 4.98 Å². The van der Waals surface area contributed by atoms with Gasteiger partial charge in [0.15, 0.2) is 0 Å². The van der Waals surface area contributed by atoms with Gasteiger partial charge in [0.2, 0.25) is 0 Å². The Morgan fingerprint density at radius 1 is 1.07 bits per heavy atom. The Kier molecular flexibility index (Phi) is 5.71. The second kappa shape index (κ2) is 8.56. The molecule has 1 aliphatic heterocycles. The first kappa shape index (κ1) is 18.7. The number of imidazole rings is 1. The van der Waals surface area contributed by atoms with Crippen molar-refractivity contribution >= 4 is 0 Å². The van der Waals surface area contributed by atoms with Crippen molar-refractivity contribution in [3.05, 3.63) is 60.9 Å². The first-order valence-corrected chi connectivity index (χ1v) is 9.38. The monoisotopic (exact) mass is 380 g/mol. The summed E-state index contributed by atoms with van der Waals surface area (Å²) in [6.45, 7) is 1.44. The van der Waals surface area contributed by atoms with Crippen molar-refractivity contribution in [1.29, 1.82) is 0 Å². The number of hydrogen-bond donors (Lipinski definition) is 1. The summed E-state index contributed by atoms with van der Waals surface area (Å²) in [5.74, 6) is 0.726. The standard InChI is InChI=1S/C22H24N2O4/c1-26-20-14-27-13-19(20)24-15-23-21(16-5-3-2-4-6-16)22(24)17-7-9-18(10-8-17)28-12-11-25/h2-10,15,19-20,25H,11-14H2,1H3/t19-,20-/m0/s1. The highest BCUT2D eigenvalue weighted by Gasteiger charge is 2.32. The van der Waals surface area contributed by atoms with Crippen LogP contribution < -0.4 is 4.74 Å². The number of hydrogen-bond acceptors (Lipinski definition) is 5. The van der Waals surface area contributed by atoms with Crippen LogP contribution in [0.2, 0.25) is 0 Å². The quantitative estimate of drug-likeness (QED) is 0.682. The van der Waals surface area contributed by atoms with E-state index in [1.165, 1.54) is 0 Å². The maximum Gasteiger partial charge on any atom is 0.119 e. The van der Waals surface area contributed by atoms with E-state index in [9.17, 15) is 0 Å². The van der Waals surface area contributed by atoms with E-state index in [-0.39, 0.29) is 25.4 Å². The average Bonchev–Trinajstić information content (AvgIpc) is 3.39. The molecule has 4 rings (SSSR count). The van der Waals surface area contributed by atoms with Crippen molar-refractivity contribution in [2.75, 3.05) is 33.5 Å². The average molecular weight is 380 g/mol. The van der Waals surface area contributed by atoms with E-state index in [0.717, 1.165) is 28.3 Å². The van der Waals surface area contributed by atoms with E-state index < -0.39 is 0 Å². The lowest BCUT2D eigenvalue weighted by atomic mass is 10.0. The van der Waals surface area contributed by atoms with Gasteiger partial charge in [0.05, 0.1) is 43.6 Å². The Balaban J connectivity index is 1.77. The Morgan fingerprint density at radius 2 is 1.86 bits per heavy atom. The lowest BCUT2D eigenvalue weighted by Crippen LogP contribution is -2.24. The Morgan fingerprint density at radius 3 is 2.57 bits per heavy atom. The number of aromatic nitrogens is 2. The van der Waals surface area contributed by atoms with Crippen molar-refractivity contribution in [2.24, 2.45) is 0 Å². The Bertz CT molecular complexity index is 893. The highest BCUT2D eigenvalue weighted by atomic mass is 16.5. The lowest BCUT2D eigenvalue weighted by Gasteiger charge is -2.21. The van der Waals surface area contributed by atoms with Gasteiger partial charge in [0.25, 0.3) is 0 Å². The zero-order chi connectivity index (χ0) is 19.3. The van der Waals surface area contributed by atoms with Crippen LogP contribution in [0.5, 0.6) is 5.75 Å². The summed E-state index contributed by atoms with van der Waals surface area (Å²) in [5.41, 5.74) is 4.04. The zero-order valence-corrected chi connectivity index (χ0v) is 15.8. The molecule has 1 N–H and O–H groups in total. The molecule has 0 spiro atoms. The zero-order valence-electron chi connectivity index (χ0n) is 15.8. The molecule has 6 heteroatoms. The van der Waals surface area contributed by atoms with Crippen molar-refractivity contribution in [3.63, 3.8) is 0 Å². The summed E-state index contributed by atoms with van der Waals surface area (Å²) < 4.78 is 19.0. The van der Waals surface area contributed by atoms with Crippen LogP contribution in [0.15, 0.2) is 60.9 Å². The topological polar surface area (TPSA) is 65.7 Å². The highest BCUT2D eigenvalue weighted by molar-refractivity contribution is 5.79. The van der Waals surface area contributed by atoms with Crippen LogP contribution in [0.1, 0.15) is 6.04 Å². The van der Waals surface area contributed by atoms with Gasteiger partial charge in [-0.1, -0.05) is 30.3 Å². The van der Waals surface area contributed by atoms with Crippen LogP contribution in [0.25, 0.3) is 22.5 Å². The third-order valence-electron chi connectivity index (χ3n) is 4.99. The molecule has 0 bridgehead atoms. The van der Waals surface area contributed by atoms with Gasteiger partial charge < -0.3 is 23.9 Å². The molecule has 2 atom stereocenters.